The lowest BCUT2D eigenvalue weighted by Gasteiger charge is -2.14. The molecule has 2 aromatic carbocycles. The third-order valence-corrected chi connectivity index (χ3v) is 4.86. The number of carbonyl (C=O) groups excluding carboxylic acids is 1. The molecule has 6 heteroatoms. The van der Waals surface area contributed by atoms with Crippen molar-refractivity contribution in [2.45, 2.75) is 32.9 Å². The lowest BCUT2D eigenvalue weighted by molar-refractivity contribution is -0.117. The second-order valence-electron chi connectivity index (χ2n) is 6.25. The van der Waals surface area contributed by atoms with Crippen LogP contribution >= 0.6 is 15.9 Å². The van der Waals surface area contributed by atoms with E-state index in [2.05, 4.69) is 21.2 Å². The van der Waals surface area contributed by atoms with Crippen LogP contribution in [-0.2, 0) is 11.4 Å². The van der Waals surface area contributed by atoms with Crippen LogP contribution in [0.3, 0.4) is 0 Å². The zero-order valence-corrected chi connectivity index (χ0v) is 17.7. The second kappa shape index (κ2) is 10.5. The Balaban J connectivity index is 2.26. The average Bonchev–Trinajstić information content (AvgIpc) is 2.71. The topological polar surface area (TPSA) is 71.4 Å². The van der Waals surface area contributed by atoms with E-state index in [1.54, 1.807) is 19.2 Å². The summed E-state index contributed by atoms with van der Waals surface area (Å²) in [4.78, 5) is 12.3. The summed E-state index contributed by atoms with van der Waals surface area (Å²) in [6.07, 6.45) is 2.32. The van der Waals surface area contributed by atoms with Gasteiger partial charge in [-0.1, -0.05) is 53.2 Å². The quantitative estimate of drug-likeness (QED) is 0.467. The number of nitriles is 1. The van der Waals surface area contributed by atoms with Crippen molar-refractivity contribution in [3.63, 3.8) is 0 Å². The van der Waals surface area contributed by atoms with Gasteiger partial charge in [0, 0.05) is 10.5 Å². The van der Waals surface area contributed by atoms with Gasteiger partial charge < -0.3 is 14.8 Å². The van der Waals surface area contributed by atoms with Crippen LogP contribution in [-0.4, -0.2) is 19.1 Å². The number of amides is 1. The van der Waals surface area contributed by atoms with Crippen LogP contribution in [0.15, 0.2) is 52.5 Å². The minimum atomic E-state index is -0.396. The first-order valence-corrected chi connectivity index (χ1v) is 9.74. The van der Waals surface area contributed by atoms with E-state index in [1.165, 1.54) is 6.08 Å². The molecule has 0 radical (unpaired) electrons. The molecule has 5 nitrogen and oxygen atoms in total. The van der Waals surface area contributed by atoms with Crippen LogP contribution in [0.1, 0.15) is 31.4 Å². The summed E-state index contributed by atoms with van der Waals surface area (Å²) in [5.74, 6) is 0.690. The zero-order valence-electron chi connectivity index (χ0n) is 16.2. The number of hydrogen-bond donors (Lipinski definition) is 1. The number of nitrogens with one attached hydrogen (secondary N) is 1. The van der Waals surface area contributed by atoms with E-state index in [0.717, 1.165) is 12.0 Å². The van der Waals surface area contributed by atoms with Gasteiger partial charge in [0.2, 0.25) is 0 Å². The summed E-state index contributed by atoms with van der Waals surface area (Å²) in [5.41, 5.74) is 1.72. The van der Waals surface area contributed by atoms with E-state index in [-0.39, 0.29) is 11.6 Å². The van der Waals surface area contributed by atoms with Crippen molar-refractivity contribution in [3.05, 3.63) is 63.6 Å². The zero-order chi connectivity index (χ0) is 20.5. The third kappa shape index (κ3) is 5.86. The summed E-state index contributed by atoms with van der Waals surface area (Å²) < 4.78 is 12.0. The van der Waals surface area contributed by atoms with Gasteiger partial charge in [0.1, 0.15) is 18.2 Å². The molecule has 1 amide bonds. The third-order valence-electron chi connectivity index (χ3n) is 4.17. The van der Waals surface area contributed by atoms with Crippen LogP contribution in [0.5, 0.6) is 11.5 Å². The SMILES string of the molecule is CC[C@@H](C)NC(=O)/C(C#N)=C/c1cc(OC)c(OCc2ccccc2)cc1Br. The average molecular weight is 443 g/mol. The maximum atomic E-state index is 12.3. The normalized spacial score (nSPS) is 12.0. The Labute approximate surface area is 174 Å². The fraction of sp³-hybridized carbons (Fsp3) is 0.273. The number of benzene rings is 2. The van der Waals surface area contributed by atoms with Gasteiger partial charge in [0.25, 0.3) is 5.91 Å². The van der Waals surface area contributed by atoms with Crippen molar-refractivity contribution in [2.24, 2.45) is 0 Å². The van der Waals surface area contributed by atoms with E-state index in [9.17, 15) is 10.1 Å². The fourth-order valence-corrected chi connectivity index (χ4v) is 2.81. The molecule has 0 bridgehead atoms. The summed E-state index contributed by atoms with van der Waals surface area (Å²) in [7, 11) is 1.55. The molecule has 0 fully saturated rings. The lowest BCUT2D eigenvalue weighted by atomic mass is 10.1. The number of methoxy groups -OCH3 is 1. The van der Waals surface area contributed by atoms with Crippen LogP contribution in [0.2, 0.25) is 0 Å². The Kier molecular flexibility index (Phi) is 8.09. The smallest absolute Gasteiger partial charge is 0.262 e. The highest BCUT2D eigenvalue weighted by atomic mass is 79.9. The first-order valence-electron chi connectivity index (χ1n) is 8.95. The summed E-state index contributed by atoms with van der Waals surface area (Å²) in [6.45, 7) is 4.26. The van der Waals surface area contributed by atoms with Gasteiger partial charge in [-0.15, -0.1) is 0 Å². The van der Waals surface area contributed by atoms with Crippen molar-refractivity contribution < 1.29 is 14.3 Å². The molecule has 0 aliphatic rings. The molecule has 0 spiro atoms. The van der Waals surface area contributed by atoms with Crippen molar-refractivity contribution in [2.75, 3.05) is 7.11 Å². The first kappa shape index (κ1) is 21.5. The number of ether oxygens (including phenoxy) is 2. The standard InChI is InChI=1S/C22H23BrN2O3/c1-4-15(2)25-22(26)18(13-24)10-17-11-20(27-3)21(12-19(17)23)28-14-16-8-6-5-7-9-16/h5-12,15H,4,14H2,1-3H3,(H,25,26)/b18-10+/t15-/m1/s1. The molecular formula is C22H23BrN2O3. The van der Waals surface area contributed by atoms with Gasteiger partial charge in [-0.3, -0.25) is 4.79 Å². The van der Waals surface area contributed by atoms with Gasteiger partial charge in [0.05, 0.1) is 7.11 Å². The highest BCUT2D eigenvalue weighted by Gasteiger charge is 2.14. The molecule has 0 aromatic heterocycles. The fourth-order valence-electron chi connectivity index (χ4n) is 2.38. The Bertz CT molecular complexity index is 889. The van der Waals surface area contributed by atoms with Gasteiger partial charge in [-0.25, -0.2) is 0 Å². The number of halogens is 1. The lowest BCUT2D eigenvalue weighted by Crippen LogP contribution is -2.32. The molecule has 0 heterocycles. The largest absolute Gasteiger partial charge is 0.493 e. The summed E-state index contributed by atoms with van der Waals surface area (Å²) >= 11 is 3.49. The molecule has 2 rings (SSSR count). The van der Waals surface area contributed by atoms with Crippen molar-refractivity contribution >= 4 is 27.9 Å². The number of nitrogens with zero attached hydrogens (tertiary/aromatic N) is 1. The maximum absolute atomic E-state index is 12.3. The molecule has 0 aliphatic heterocycles. The molecule has 1 N–H and O–H groups in total. The molecular weight excluding hydrogens is 420 g/mol. The predicted octanol–water partition coefficient (Wildman–Crippen LogP) is 4.86. The molecule has 28 heavy (non-hydrogen) atoms. The predicted molar refractivity (Wildman–Crippen MR) is 113 cm³/mol. The van der Waals surface area contributed by atoms with E-state index >= 15 is 0 Å². The van der Waals surface area contributed by atoms with E-state index in [1.807, 2.05) is 50.2 Å². The minimum absolute atomic E-state index is 0.00371. The van der Waals surface area contributed by atoms with Gasteiger partial charge in [-0.05, 0) is 42.7 Å². The van der Waals surface area contributed by atoms with Crippen LogP contribution in [0.25, 0.3) is 6.08 Å². The van der Waals surface area contributed by atoms with Gasteiger partial charge >= 0.3 is 0 Å². The van der Waals surface area contributed by atoms with Crippen LogP contribution in [0, 0.1) is 11.3 Å². The van der Waals surface area contributed by atoms with E-state index in [0.29, 0.717) is 28.1 Å². The Morgan fingerprint density at radius 3 is 2.61 bits per heavy atom. The minimum Gasteiger partial charge on any atom is -0.493 e. The van der Waals surface area contributed by atoms with Gasteiger partial charge in [0.15, 0.2) is 11.5 Å². The van der Waals surface area contributed by atoms with E-state index in [4.69, 9.17) is 9.47 Å². The summed E-state index contributed by atoms with van der Waals surface area (Å²) in [5, 5.41) is 12.2. The van der Waals surface area contributed by atoms with Crippen LogP contribution in [0.4, 0.5) is 0 Å². The molecule has 0 saturated heterocycles. The molecule has 0 aliphatic carbocycles. The van der Waals surface area contributed by atoms with Crippen LogP contribution < -0.4 is 14.8 Å². The molecule has 0 unspecified atom stereocenters. The first-order chi connectivity index (χ1) is 13.5. The highest BCUT2D eigenvalue weighted by molar-refractivity contribution is 9.10. The Morgan fingerprint density at radius 2 is 2.00 bits per heavy atom. The Morgan fingerprint density at radius 1 is 1.29 bits per heavy atom. The molecule has 146 valence electrons. The van der Waals surface area contributed by atoms with Crippen molar-refractivity contribution in [1.82, 2.24) is 5.32 Å². The highest BCUT2D eigenvalue weighted by Crippen LogP contribution is 2.35. The van der Waals surface area contributed by atoms with E-state index < -0.39 is 5.91 Å². The Hall–Kier alpha value is -2.78. The molecule has 0 saturated carbocycles. The second-order valence-corrected chi connectivity index (χ2v) is 7.11. The number of hydrogen-bond acceptors (Lipinski definition) is 4. The number of carbonyl (C=O) groups is 1. The van der Waals surface area contributed by atoms with Crippen molar-refractivity contribution in [1.29, 1.82) is 5.26 Å². The molecule has 1 atom stereocenters. The number of rotatable bonds is 8. The van der Waals surface area contributed by atoms with Crippen molar-refractivity contribution in [3.8, 4) is 17.6 Å². The maximum Gasteiger partial charge on any atom is 0.262 e. The monoisotopic (exact) mass is 442 g/mol. The summed E-state index contributed by atoms with van der Waals surface area (Å²) in [6, 6.07) is 15.3. The van der Waals surface area contributed by atoms with Gasteiger partial charge in [-0.2, -0.15) is 5.26 Å². The molecule has 2 aromatic rings.